The van der Waals surface area contributed by atoms with E-state index in [9.17, 15) is 14.4 Å². The lowest BCUT2D eigenvalue weighted by molar-refractivity contribution is -0.135. The summed E-state index contributed by atoms with van der Waals surface area (Å²) in [6.07, 6.45) is 1.50. The van der Waals surface area contributed by atoms with Gasteiger partial charge in [-0.3, -0.25) is 14.4 Å². The molecule has 1 fully saturated rings. The van der Waals surface area contributed by atoms with Gasteiger partial charge in [-0.1, -0.05) is 13.8 Å². The highest BCUT2D eigenvalue weighted by Gasteiger charge is 2.25. The molecule has 1 aliphatic rings. The lowest BCUT2D eigenvalue weighted by Crippen LogP contribution is -2.49. The molecule has 1 aromatic rings. The zero-order valence-corrected chi connectivity index (χ0v) is 17.2. The van der Waals surface area contributed by atoms with E-state index >= 15 is 0 Å². The molecule has 8 heteroatoms. The molecule has 0 radical (unpaired) electrons. The van der Waals surface area contributed by atoms with Crippen LogP contribution in [-0.2, 0) is 9.59 Å². The van der Waals surface area contributed by atoms with Crippen molar-refractivity contribution in [1.82, 2.24) is 15.1 Å². The lowest BCUT2D eigenvalue weighted by Gasteiger charge is -2.33. The maximum Gasteiger partial charge on any atom is 0.264 e. The number of hydrogen-bond donors (Lipinski definition) is 1. The predicted octanol–water partition coefficient (Wildman–Crippen LogP) is 2.35. The molecule has 0 aliphatic carbocycles. The third-order valence-electron chi connectivity index (χ3n) is 4.18. The van der Waals surface area contributed by atoms with Crippen LogP contribution in [0.1, 0.15) is 36.4 Å². The number of halogens is 1. The number of piperidine rings is 1. The highest BCUT2D eigenvalue weighted by Crippen LogP contribution is 2.23. The van der Waals surface area contributed by atoms with Crippen molar-refractivity contribution in [2.75, 3.05) is 26.7 Å². The van der Waals surface area contributed by atoms with Gasteiger partial charge < -0.3 is 15.1 Å². The van der Waals surface area contributed by atoms with Gasteiger partial charge in [0.15, 0.2) is 0 Å². The second kappa shape index (κ2) is 8.80. The van der Waals surface area contributed by atoms with Crippen LogP contribution < -0.4 is 5.32 Å². The van der Waals surface area contributed by atoms with Gasteiger partial charge in [0.05, 0.1) is 15.2 Å². The van der Waals surface area contributed by atoms with E-state index in [1.807, 2.05) is 24.8 Å². The van der Waals surface area contributed by atoms with Crippen molar-refractivity contribution in [2.45, 2.75) is 32.7 Å². The van der Waals surface area contributed by atoms with Crippen molar-refractivity contribution in [3.05, 3.63) is 20.8 Å². The molecule has 0 saturated carbocycles. The highest BCUT2D eigenvalue weighted by molar-refractivity contribution is 9.11. The summed E-state index contributed by atoms with van der Waals surface area (Å²) in [5.74, 6) is -0.163. The Morgan fingerprint density at radius 1 is 1.32 bits per heavy atom. The van der Waals surface area contributed by atoms with Crippen molar-refractivity contribution in [3.8, 4) is 0 Å². The molecule has 0 atom stereocenters. The van der Waals surface area contributed by atoms with Crippen molar-refractivity contribution in [1.29, 1.82) is 0 Å². The van der Waals surface area contributed by atoms with Crippen LogP contribution in [0, 0.1) is 5.92 Å². The van der Waals surface area contributed by atoms with Gasteiger partial charge in [-0.05, 0) is 40.9 Å². The van der Waals surface area contributed by atoms with Crippen molar-refractivity contribution in [3.63, 3.8) is 0 Å². The smallest absolute Gasteiger partial charge is 0.264 e. The standard InChI is InChI=1S/C17H24BrN3O3S/c1-11(2)16(23)21-8-6-12(7-9-21)19-15(22)10-20(3)17(24)13-4-5-14(18)25-13/h4-5,11-12H,6-10H2,1-3H3,(H,19,22). The van der Waals surface area contributed by atoms with Crippen LogP contribution in [0.2, 0.25) is 0 Å². The fraction of sp³-hybridized carbons (Fsp3) is 0.588. The molecular formula is C17H24BrN3O3S. The van der Waals surface area contributed by atoms with Gasteiger partial charge >= 0.3 is 0 Å². The molecule has 0 unspecified atom stereocenters. The molecule has 1 saturated heterocycles. The van der Waals surface area contributed by atoms with E-state index in [0.717, 1.165) is 16.6 Å². The van der Waals surface area contributed by atoms with Gasteiger partial charge in [-0.2, -0.15) is 0 Å². The summed E-state index contributed by atoms with van der Waals surface area (Å²) in [5, 5.41) is 2.97. The van der Waals surface area contributed by atoms with E-state index in [-0.39, 0.29) is 36.2 Å². The Hall–Kier alpha value is -1.41. The van der Waals surface area contributed by atoms with E-state index in [0.29, 0.717) is 18.0 Å². The summed E-state index contributed by atoms with van der Waals surface area (Å²) >= 11 is 4.68. The molecule has 3 amide bonds. The lowest BCUT2D eigenvalue weighted by atomic mass is 10.0. The number of likely N-dealkylation sites (tertiary alicyclic amines) is 1. The Morgan fingerprint density at radius 2 is 1.96 bits per heavy atom. The summed E-state index contributed by atoms with van der Waals surface area (Å²) in [7, 11) is 1.62. The van der Waals surface area contributed by atoms with Gasteiger partial charge in [-0.25, -0.2) is 0 Å². The van der Waals surface area contributed by atoms with Crippen molar-refractivity contribution in [2.24, 2.45) is 5.92 Å². The van der Waals surface area contributed by atoms with Crippen LogP contribution >= 0.6 is 27.3 Å². The summed E-state index contributed by atoms with van der Waals surface area (Å²) in [5.41, 5.74) is 0. The number of nitrogens with zero attached hydrogens (tertiary/aromatic N) is 2. The topological polar surface area (TPSA) is 69.7 Å². The molecule has 25 heavy (non-hydrogen) atoms. The van der Waals surface area contributed by atoms with Gasteiger partial charge in [0.25, 0.3) is 5.91 Å². The minimum absolute atomic E-state index is 0.00286. The molecule has 138 valence electrons. The maximum absolute atomic E-state index is 12.3. The molecule has 2 rings (SSSR count). The van der Waals surface area contributed by atoms with Crippen molar-refractivity contribution < 1.29 is 14.4 Å². The number of thiophene rings is 1. The minimum Gasteiger partial charge on any atom is -0.352 e. The average Bonchev–Trinajstić information content (AvgIpc) is 3.00. The summed E-state index contributed by atoms with van der Waals surface area (Å²) in [6, 6.07) is 3.62. The number of nitrogens with one attached hydrogen (secondary N) is 1. The number of hydrogen-bond acceptors (Lipinski definition) is 4. The molecule has 1 aliphatic heterocycles. The Kier molecular flexibility index (Phi) is 7.01. The van der Waals surface area contributed by atoms with Gasteiger partial charge in [0, 0.05) is 32.1 Å². The fourth-order valence-corrected chi connectivity index (χ4v) is 4.17. The van der Waals surface area contributed by atoms with Crippen molar-refractivity contribution >= 4 is 45.0 Å². The number of likely N-dealkylation sites (N-methyl/N-ethyl adjacent to an activating group) is 1. The monoisotopic (exact) mass is 429 g/mol. The van der Waals surface area contributed by atoms with E-state index in [4.69, 9.17) is 0 Å². The Balaban J connectivity index is 1.77. The van der Waals surface area contributed by atoms with Gasteiger partial charge in [0.2, 0.25) is 11.8 Å². The molecule has 0 aromatic carbocycles. The van der Waals surface area contributed by atoms with Gasteiger partial charge in [-0.15, -0.1) is 11.3 Å². The quantitative estimate of drug-likeness (QED) is 0.780. The normalized spacial score (nSPS) is 15.3. The molecule has 6 nitrogen and oxygen atoms in total. The second-order valence-electron chi connectivity index (χ2n) is 6.59. The SMILES string of the molecule is CC(C)C(=O)N1CCC(NC(=O)CN(C)C(=O)c2ccc(Br)s2)CC1. The number of rotatable bonds is 5. The first-order chi connectivity index (χ1) is 11.8. The van der Waals surface area contributed by atoms with Gasteiger partial charge in [0.1, 0.15) is 0 Å². The van der Waals surface area contributed by atoms with Crippen LogP contribution in [0.3, 0.4) is 0 Å². The van der Waals surface area contributed by atoms with Crippen LogP contribution in [0.25, 0.3) is 0 Å². The van der Waals surface area contributed by atoms with E-state index < -0.39 is 0 Å². The number of amides is 3. The minimum atomic E-state index is -0.167. The third-order valence-corrected chi connectivity index (χ3v) is 5.79. The summed E-state index contributed by atoms with van der Waals surface area (Å²) < 4.78 is 0.886. The Labute approximate surface area is 160 Å². The first-order valence-corrected chi connectivity index (χ1v) is 9.97. The molecule has 0 spiro atoms. The van der Waals surface area contributed by atoms with E-state index in [1.165, 1.54) is 16.2 Å². The third kappa shape index (κ3) is 5.54. The number of carbonyl (C=O) groups is 3. The largest absolute Gasteiger partial charge is 0.352 e. The summed E-state index contributed by atoms with van der Waals surface area (Å²) in [6.45, 7) is 5.16. The number of carbonyl (C=O) groups excluding carboxylic acids is 3. The van der Waals surface area contributed by atoms with E-state index in [1.54, 1.807) is 13.1 Å². The first kappa shape index (κ1) is 19.9. The average molecular weight is 430 g/mol. The second-order valence-corrected chi connectivity index (χ2v) is 9.05. The highest BCUT2D eigenvalue weighted by atomic mass is 79.9. The molecule has 2 heterocycles. The zero-order chi connectivity index (χ0) is 18.6. The van der Waals surface area contributed by atoms with Crippen LogP contribution in [0.5, 0.6) is 0 Å². The Morgan fingerprint density at radius 3 is 2.48 bits per heavy atom. The summed E-state index contributed by atoms with van der Waals surface area (Å²) in [4.78, 5) is 40.3. The molecule has 0 bridgehead atoms. The maximum atomic E-state index is 12.3. The molecular weight excluding hydrogens is 406 g/mol. The zero-order valence-electron chi connectivity index (χ0n) is 14.8. The molecule has 1 aromatic heterocycles. The Bertz CT molecular complexity index is 639. The van der Waals surface area contributed by atoms with Crippen LogP contribution in [0.4, 0.5) is 0 Å². The first-order valence-electron chi connectivity index (χ1n) is 8.37. The van der Waals surface area contributed by atoms with E-state index in [2.05, 4.69) is 21.2 Å². The fourth-order valence-electron chi connectivity index (χ4n) is 2.79. The van der Waals surface area contributed by atoms with Crippen LogP contribution in [0.15, 0.2) is 15.9 Å². The predicted molar refractivity (Wildman–Crippen MR) is 102 cm³/mol. The van der Waals surface area contributed by atoms with Crippen LogP contribution in [-0.4, -0.2) is 60.2 Å². The molecule has 1 N–H and O–H groups in total.